The van der Waals surface area contributed by atoms with Crippen molar-refractivity contribution in [2.75, 3.05) is 32.0 Å². The minimum Gasteiger partial charge on any atom is -0.346 e. The number of piperidine rings is 1. The zero-order valence-electron chi connectivity index (χ0n) is 15.3. The zero-order chi connectivity index (χ0) is 18.4. The summed E-state index contributed by atoms with van der Waals surface area (Å²) in [4.78, 5) is 28.2. The summed E-state index contributed by atoms with van der Waals surface area (Å²) in [6, 6.07) is 4.41. The molecule has 25 heavy (non-hydrogen) atoms. The van der Waals surface area contributed by atoms with Crippen molar-refractivity contribution in [3.63, 3.8) is 0 Å². The van der Waals surface area contributed by atoms with Crippen molar-refractivity contribution in [3.8, 4) is 0 Å². The molecule has 138 valence electrons. The number of carbonyl (C=O) groups excluding carboxylic acids is 2. The Morgan fingerprint density at radius 2 is 2.00 bits per heavy atom. The van der Waals surface area contributed by atoms with E-state index in [9.17, 15) is 14.0 Å². The molecule has 1 aliphatic rings. The zero-order valence-corrected chi connectivity index (χ0v) is 15.3. The summed E-state index contributed by atoms with van der Waals surface area (Å²) in [5, 5.41) is 2.73. The molecule has 5 nitrogen and oxygen atoms in total. The lowest BCUT2D eigenvalue weighted by Crippen LogP contribution is -2.45. The van der Waals surface area contributed by atoms with E-state index in [-0.39, 0.29) is 23.7 Å². The smallest absolute Gasteiger partial charge is 0.321 e. The lowest BCUT2D eigenvalue weighted by atomic mass is 9.95. The number of benzene rings is 1. The van der Waals surface area contributed by atoms with Crippen LogP contribution >= 0.6 is 0 Å². The molecule has 1 fully saturated rings. The number of anilines is 1. The van der Waals surface area contributed by atoms with Gasteiger partial charge in [-0.2, -0.15) is 0 Å². The molecule has 0 unspecified atom stereocenters. The highest BCUT2D eigenvalue weighted by atomic mass is 19.1. The van der Waals surface area contributed by atoms with Crippen LogP contribution in [0.2, 0.25) is 0 Å². The molecular weight excluding hydrogens is 321 g/mol. The lowest BCUT2D eigenvalue weighted by Gasteiger charge is -2.33. The maximum absolute atomic E-state index is 13.6. The molecule has 0 radical (unpaired) electrons. The molecule has 0 bridgehead atoms. The first-order chi connectivity index (χ1) is 11.9. The van der Waals surface area contributed by atoms with E-state index in [2.05, 4.69) is 12.2 Å². The molecule has 3 amide bonds. The Morgan fingerprint density at radius 1 is 1.32 bits per heavy atom. The van der Waals surface area contributed by atoms with Gasteiger partial charge < -0.3 is 15.1 Å². The van der Waals surface area contributed by atoms with Crippen LogP contribution in [-0.4, -0.2) is 48.4 Å². The minimum atomic E-state index is -0.336. The van der Waals surface area contributed by atoms with Crippen LogP contribution in [0.25, 0.3) is 0 Å². The van der Waals surface area contributed by atoms with E-state index in [4.69, 9.17) is 0 Å². The molecule has 1 aliphatic heterocycles. The van der Waals surface area contributed by atoms with Crippen LogP contribution in [0.5, 0.6) is 0 Å². The molecule has 0 aromatic heterocycles. The fourth-order valence-corrected chi connectivity index (χ4v) is 3.02. The van der Waals surface area contributed by atoms with E-state index < -0.39 is 0 Å². The molecule has 0 spiro atoms. The molecule has 1 aromatic rings. The predicted molar refractivity (Wildman–Crippen MR) is 97.0 cm³/mol. The average Bonchev–Trinajstić information content (AvgIpc) is 2.62. The second-order valence-electron chi connectivity index (χ2n) is 6.77. The number of nitrogens with zero attached hydrogens (tertiary/aromatic N) is 2. The quantitative estimate of drug-likeness (QED) is 0.882. The third kappa shape index (κ3) is 5.18. The number of unbranched alkanes of at least 4 members (excludes halogenated alkanes) is 1. The Morgan fingerprint density at radius 3 is 2.60 bits per heavy atom. The highest BCUT2D eigenvalue weighted by Crippen LogP contribution is 2.21. The lowest BCUT2D eigenvalue weighted by molar-refractivity contribution is -0.135. The molecule has 1 aromatic carbocycles. The van der Waals surface area contributed by atoms with Gasteiger partial charge in [0.15, 0.2) is 0 Å². The van der Waals surface area contributed by atoms with Crippen LogP contribution < -0.4 is 5.32 Å². The maximum atomic E-state index is 13.6. The summed E-state index contributed by atoms with van der Waals surface area (Å²) >= 11 is 0. The van der Waals surface area contributed by atoms with Gasteiger partial charge in [0.25, 0.3) is 0 Å². The third-order valence-electron chi connectivity index (χ3n) is 4.78. The fourth-order valence-electron chi connectivity index (χ4n) is 3.02. The molecule has 0 aliphatic carbocycles. The van der Waals surface area contributed by atoms with Gasteiger partial charge in [0.2, 0.25) is 5.91 Å². The molecule has 1 N–H and O–H groups in total. The van der Waals surface area contributed by atoms with Crippen LogP contribution in [0, 0.1) is 18.7 Å². The van der Waals surface area contributed by atoms with Crippen molar-refractivity contribution in [2.24, 2.45) is 5.92 Å². The Balaban J connectivity index is 1.83. The summed E-state index contributed by atoms with van der Waals surface area (Å²) in [5.74, 6) is -0.172. The number of hydrogen-bond acceptors (Lipinski definition) is 2. The summed E-state index contributed by atoms with van der Waals surface area (Å²) < 4.78 is 13.6. The van der Waals surface area contributed by atoms with Crippen molar-refractivity contribution in [1.82, 2.24) is 9.80 Å². The first kappa shape index (κ1) is 19.2. The Hall–Kier alpha value is -2.11. The van der Waals surface area contributed by atoms with Gasteiger partial charge in [0, 0.05) is 38.3 Å². The summed E-state index contributed by atoms with van der Waals surface area (Å²) in [6.07, 6.45) is 3.42. The SMILES string of the molecule is CCCCN(C)C(=O)C1CCN(C(=O)Nc2ccc(C)c(F)c2)CC1. The van der Waals surface area contributed by atoms with Gasteiger partial charge in [-0.05, 0) is 43.9 Å². The topological polar surface area (TPSA) is 52.7 Å². The predicted octanol–water partition coefficient (Wildman–Crippen LogP) is 3.64. The Kier molecular flexibility index (Phi) is 6.79. The number of hydrogen-bond donors (Lipinski definition) is 1. The van der Waals surface area contributed by atoms with Gasteiger partial charge in [-0.1, -0.05) is 19.4 Å². The Labute approximate surface area is 149 Å². The first-order valence-corrected chi connectivity index (χ1v) is 8.99. The first-order valence-electron chi connectivity index (χ1n) is 8.99. The number of aryl methyl sites for hydroxylation is 1. The molecule has 1 heterocycles. The van der Waals surface area contributed by atoms with Crippen LogP contribution in [0.1, 0.15) is 38.2 Å². The van der Waals surface area contributed by atoms with Gasteiger partial charge in [-0.25, -0.2) is 9.18 Å². The van der Waals surface area contributed by atoms with E-state index in [1.165, 1.54) is 6.07 Å². The molecule has 0 atom stereocenters. The summed E-state index contributed by atoms with van der Waals surface area (Å²) in [7, 11) is 1.85. The van der Waals surface area contributed by atoms with Crippen molar-refractivity contribution < 1.29 is 14.0 Å². The van der Waals surface area contributed by atoms with E-state index in [1.54, 1.807) is 28.9 Å². The van der Waals surface area contributed by atoms with Crippen LogP contribution in [0.15, 0.2) is 18.2 Å². The maximum Gasteiger partial charge on any atom is 0.321 e. The number of carbonyl (C=O) groups is 2. The number of urea groups is 1. The average molecular weight is 349 g/mol. The Bertz CT molecular complexity index is 613. The normalized spacial score (nSPS) is 15.1. The second kappa shape index (κ2) is 8.83. The van der Waals surface area contributed by atoms with E-state index in [0.717, 1.165) is 19.4 Å². The standard InChI is InChI=1S/C19H28FN3O2/c1-4-5-10-22(3)18(24)15-8-11-23(12-9-15)19(25)21-16-7-6-14(2)17(20)13-16/h6-7,13,15H,4-5,8-12H2,1-3H3,(H,21,25). The van der Waals surface area contributed by atoms with Gasteiger partial charge in [-0.3, -0.25) is 4.79 Å². The largest absolute Gasteiger partial charge is 0.346 e. The fraction of sp³-hybridized carbons (Fsp3) is 0.579. The number of nitrogens with one attached hydrogen (secondary N) is 1. The van der Waals surface area contributed by atoms with E-state index >= 15 is 0 Å². The number of amides is 3. The van der Waals surface area contributed by atoms with Crippen LogP contribution in [0.3, 0.4) is 0 Å². The molecular formula is C19H28FN3O2. The highest BCUT2D eigenvalue weighted by molar-refractivity contribution is 5.89. The highest BCUT2D eigenvalue weighted by Gasteiger charge is 2.29. The molecule has 2 rings (SSSR count). The summed E-state index contributed by atoms with van der Waals surface area (Å²) in [5.41, 5.74) is 0.995. The van der Waals surface area contributed by atoms with Crippen LogP contribution in [-0.2, 0) is 4.79 Å². The van der Waals surface area contributed by atoms with Gasteiger partial charge in [0.1, 0.15) is 5.82 Å². The van der Waals surface area contributed by atoms with Crippen molar-refractivity contribution >= 4 is 17.6 Å². The van der Waals surface area contributed by atoms with Crippen molar-refractivity contribution in [2.45, 2.75) is 39.5 Å². The molecule has 1 saturated heterocycles. The minimum absolute atomic E-state index is 0.0114. The van der Waals surface area contributed by atoms with Gasteiger partial charge in [0.05, 0.1) is 0 Å². The monoisotopic (exact) mass is 349 g/mol. The third-order valence-corrected chi connectivity index (χ3v) is 4.78. The molecule has 0 saturated carbocycles. The van der Waals surface area contributed by atoms with Gasteiger partial charge >= 0.3 is 6.03 Å². The van der Waals surface area contributed by atoms with Crippen molar-refractivity contribution in [3.05, 3.63) is 29.6 Å². The number of likely N-dealkylation sites (tertiary alicyclic amines) is 1. The molecule has 6 heteroatoms. The van der Waals surface area contributed by atoms with Gasteiger partial charge in [-0.15, -0.1) is 0 Å². The van der Waals surface area contributed by atoms with E-state index in [1.807, 2.05) is 7.05 Å². The van der Waals surface area contributed by atoms with E-state index in [0.29, 0.717) is 37.2 Å². The van der Waals surface area contributed by atoms with Crippen molar-refractivity contribution in [1.29, 1.82) is 0 Å². The second-order valence-corrected chi connectivity index (χ2v) is 6.77. The number of rotatable bonds is 5. The summed E-state index contributed by atoms with van der Waals surface area (Å²) in [6.45, 7) is 5.65. The number of halogens is 1. The van der Waals surface area contributed by atoms with Crippen LogP contribution in [0.4, 0.5) is 14.9 Å².